The summed E-state index contributed by atoms with van der Waals surface area (Å²) >= 11 is 3.44. The molecule has 2 rings (SSSR count). The first kappa shape index (κ1) is 18.2. The largest absolute Gasteiger partial charge is 0.444 e. The molecule has 23 heavy (non-hydrogen) atoms. The normalized spacial score (nSPS) is 17.6. The Hall–Kier alpha value is -1.11. The predicted octanol–water partition coefficient (Wildman–Crippen LogP) is 3.35. The van der Waals surface area contributed by atoms with Crippen molar-refractivity contribution in [3.05, 3.63) is 34.3 Å². The van der Waals surface area contributed by atoms with E-state index < -0.39 is 11.7 Å². The molecule has 1 aromatic rings. The summed E-state index contributed by atoms with van der Waals surface area (Å²) in [5, 5.41) is 3.00. The fourth-order valence-electron chi connectivity index (χ4n) is 2.42. The summed E-state index contributed by atoms with van der Waals surface area (Å²) in [5.41, 5.74) is 0.554. The molecule has 0 aromatic heterocycles. The van der Waals surface area contributed by atoms with Gasteiger partial charge in [-0.2, -0.15) is 0 Å². The molecule has 1 saturated heterocycles. The number of hydrogen-bond acceptors (Lipinski definition) is 4. The van der Waals surface area contributed by atoms with E-state index >= 15 is 0 Å². The number of nitrogens with zero attached hydrogens (tertiary/aromatic N) is 1. The molecule has 1 amide bonds. The van der Waals surface area contributed by atoms with Crippen molar-refractivity contribution in [3.8, 4) is 0 Å². The molecule has 0 spiro atoms. The number of amides is 1. The minimum atomic E-state index is -0.507. The number of nitrogens with one attached hydrogen (secondary N) is 1. The molecular formula is C17H25BrN2O3. The highest BCUT2D eigenvalue weighted by molar-refractivity contribution is 9.10. The van der Waals surface area contributed by atoms with Crippen LogP contribution in [0.2, 0.25) is 0 Å². The average molecular weight is 385 g/mol. The molecule has 1 fully saturated rings. The minimum Gasteiger partial charge on any atom is -0.444 e. The first-order valence-electron chi connectivity index (χ1n) is 7.88. The lowest BCUT2D eigenvalue weighted by Gasteiger charge is -2.31. The molecule has 1 N–H and O–H groups in total. The van der Waals surface area contributed by atoms with E-state index in [0.29, 0.717) is 0 Å². The summed E-state index contributed by atoms with van der Waals surface area (Å²) in [6.07, 6.45) is -0.390. The molecule has 1 aromatic carbocycles. The number of carbonyl (C=O) groups is 1. The summed E-state index contributed by atoms with van der Waals surface area (Å²) in [6.45, 7) is 9.56. The monoisotopic (exact) mass is 384 g/mol. The molecule has 5 nitrogen and oxygen atoms in total. The fraction of sp³-hybridized carbons (Fsp3) is 0.588. The van der Waals surface area contributed by atoms with Crippen molar-refractivity contribution in [2.24, 2.45) is 0 Å². The molecule has 0 radical (unpaired) electrons. The molecule has 128 valence electrons. The molecule has 1 aliphatic heterocycles. The van der Waals surface area contributed by atoms with E-state index in [4.69, 9.17) is 9.47 Å². The maximum atomic E-state index is 12.2. The maximum Gasteiger partial charge on any atom is 0.408 e. The van der Waals surface area contributed by atoms with Crippen LogP contribution in [0.25, 0.3) is 0 Å². The van der Waals surface area contributed by atoms with E-state index in [9.17, 15) is 4.79 Å². The van der Waals surface area contributed by atoms with Gasteiger partial charge in [-0.3, -0.25) is 4.90 Å². The van der Waals surface area contributed by atoms with Gasteiger partial charge in [0.1, 0.15) is 5.60 Å². The van der Waals surface area contributed by atoms with Crippen LogP contribution in [0.15, 0.2) is 28.7 Å². The van der Waals surface area contributed by atoms with Crippen LogP contribution >= 0.6 is 15.9 Å². The standard InChI is InChI=1S/C17H25BrN2O3/c1-17(2,3)23-16(21)19-15(12-20-8-10-22-11-9-20)13-4-6-14(18)7-5-13/h4-7,15H,8-12H2,1-3H3,(H,19,21). The van der Waals surface area contributed by atoms with Gasteiger partial charge in [-0.1, -0.05) is 28.1 Å². The fourth-order valence-corrected chi connectivity index (χ4v) is 2.69. The number of benzene rings is 1. The van der Waals surface area contributed by atoms with Crippen molar-refractivity contribution in [1.82, 2.24) is 10.2 Å². The highest BCUT2D eigenvalue weighted by Gasteiger charge is 2.23. The van der Waals surface area contributed by atoms with E-state index in [1.807, 2.05) is 45.0 Å². The van der Waals surface area contributed by atoms with E-state index in [2.05, 4.69) is 26.1 Å². The van der Waals surface area contributed by atoms with E-state index in [1.165, 1.54) is 0 Å². The van der Waals surface area contributed by atoms with Crippen molar-refractivity contribution in [3.63, 3.8) is 0 Å². The van der Waals surface area contributed by atoms with Gasteiger partial charge in [0.05, 0.1) is 19.3 Å². The third kappa shape index (κ3) is 6.49. The van der Waals surface area contributed by atoms with Crippen molar-refractivity contribution >= 4 is 22.0 Å². The number of rotatable bonds is 4. The zero-order chi connectivity index (χ0) is 16.9. The number of hydrogen-bond donors (Lipinski definition) is 1. The molecule has 0 aliphatic carbocycles. The molecule has 1 unspecified atom stereocenters. The predicted molar refractivity (Wildman–Crippen MR) is 93.5 cm³/mol. The lowest BCUT2D eigenvalue weighted by Crippen LogP contribution is -2.44. The summed E-state index contributed by atoms with van der Waals surface area (Å²) in [4.78, 5) is 14.5. The Balaban J connectivity index is 2.06. The number of alkyl carbamates (subject to hydrolysis) is 1. The van der Waals surface area contributed by atoms with Crippen molar-refractivity contribution in [1.29, 1.82) is 0 Å². The van der Waals surface area contributed by atoms with Gasteiger partial charge < -0.3 is 14.8 Å². The van der Waals surface area contributed by atoms with Gasteiger partial charge in [-0.15, -0.1) is 0 Å². The molecule has 0 saturated carbocycles. The van der Waals surface area contributed by atoms with E-state index in [0.717, 1.165) is 42.9 Å². The average Bonchev–Trinajstić information content (AvgIpc) is 2.46. The van der Waals surface area contributed by atoms with Crippen molar-refractivity contribution in [2.45, 2.75) is 32.4 Å². The number of morpholine rings is 1. The second-order valence-corrected chi connectivity index (χ2v) is 7.58. The summed E-state index contributed by atoms with van der Waals surface area (Å²) in [6, 6.07) is 7.90. The van der Waals surface area contributed by atoms with Crippen LogP contribution in [0.1, 0.15) is 32.4 Å². The molecule has 1 atom stereocenters. The topological polar surface area (TPSA) is 50.8 Å². The Bertz CT molecular complexity index is 508. The van der Waals surface area contributed by atoms with E-state index in [1.54, 1.807) is 0 Å². The Morgan fingerprint density at radius 1 is 1.30 bits per heavy atom. The Kier molecular flexibility index (Phi) is 6.44. The second-order valence-electron chi connectivity index (χ2n) is 6.66. The zero-order valence-corrected chi connectivity index (χ0v) is 15.6. The van der Waals surface area contributed by atoms with Crippen LogP contribution < -0.4 is 5.32 Å². The summed E-state index contributed by atoms with van der Waals surface area (Å²) in [5.74, 6) is 0. The van der Waals surface area contributed by atoms with Gasteiger partial charge in [-0.05, 0) is 38.5 Å². The SMILES string of the molecule is CC(C)(C)OC(=O)NC(CN1CCOCC1)c1ccc(Br)cc1. The Labute approximate surface area is 146 Å². The van der Waals surface area contributed by atoms with Crippen LogP contribution in [0.3, 0.4) is 0 Å². The number of halogens is 1. The highest BCUT2D eigenvalue weighted by atomic mass is 79.9. The van der Waals surface area contributed by atoms with Gasteiger partial charge in [0.25, 0.3) is 0 Å². The molecular weight excluding hydrogens is 360 g/mol. The van der Waals surface area contributed by atoms with Gasteiger partial charge in [0.2, 0.25) is 0 Å². The first-order valence-corrected chi connectivity index (χ1v) is 8.68. The van der Waals surface area contributed by atoms with Gasteiger partial charge in [0.15, 0.2) is 0 Å². The van der Waals surface area contributed by atoms with E-state index in [-0.39, 0.29) is 6.04 Å². The van der Waals surface area contributed by atoms with Crippen LogP contribution in [-0.4, -0.2) is 49.4 Å². The van der Waals surface area contributed by atoms with Crippen molar-refractivity contribution < 1.29 is 14.3 Å². The number of ether oxygens (including phenoxy) is 2. The summed E-state index contributed by atoms with van der Waals surface area (Å²) < 4.78 is 11.8. The van der Waals surface area contributed by atoms with Crippen LogP contribution in [0.4, 0.5) is 4.79 Å². The van der Waals surface area contributed by atoms with Gasteiger partial charge >= 0.3 is 6.09 Å². The summed E-state index contributed by atoms with van der Waals surface area (Å²) in [7, 11) is 0. The van der Waals surface area contributed by atoms with Crippen LogP contribution in [-0.2, 0) is 9.47 Å². The first-order chi connectivity index (χ1) is 10.8. The van der Waals surface area contributed by atoms with Gasteiger partial charge in [-0.25, -0.2) is 4.79 Å². The molecule has 1 heterocycles. The smallest absolute Gasteiger partial charge is 0.408 e. The molecule has 6 heteroatoms. The third-order valence-electron chi connectivity index (χ3n) is 3.51. The lowest BCUT2D eigenvalue weighted by molar-refractivity contribution is 0.0288. The quantitative estimate of drug-likeness (QED) is 0.864. The van der Waals surface area contributed by atoms with Crippen LogP contribution in [0, 0.1) is 0 Å². The van der Waals surface area contributed by atoms with Crippen LogP contribution in [0.5, 0.6) is 0 Å². The zero-order valence-electron chi connectivity index (χ0n) is 14.0. The second kappa shape index (κ2) is 8.13. The van der Waals surface area contributed by atoms with Gasteiger partial charge in [0, 0.05) is 24.1 Å². The third-order valence-corrected chi connectivity index (χ3v) is 4.04. The number of carbonyl (C=O) groups excluding carboxylic acids is 1. The highest BCUT2D eigenvalue weighted by Crippen LogP contribution is 2.19. The molecule has 1 aliphatic rings. The molecule has 0 bridgehead atoms. The Morgan fingerprint density at radius 3 is 2.48 bits per heavy atom. The minimum absolute atomic E-state index is 0.115. The lowest BCUT2D eigenvalue weighted by atomic mass is 10.1. The maximum absolute atomic E-state index is 12.2. The van der Waals surface area contributed by atoms with Crippen molar-refractivity contribution in [2.75, 3.05) is 32.8 Å². The Morgan fingerprint density at radius 2 is 1.91 bits per heavy atom.